The highest BCUT2D eigenvalue weighted by Gasteiger charge is 2.19. The van der Waals surface area contributed by atoms with Crippen LogP contribution in [0.2, 0.25) is 0 Å². The summed E-state index contributed by atoms with van der Waals surface area (Å²) in [6.45, 7) is 7.18. The quantitative estimate of drug-likeness (QED) is 0.856. The summed E-state index contributed by atoms with van der Waals surface area (Å²) in [7, 11) is -1.13. The van der Waals surface area contributed by atoms with Gasteiger partial charge in [-0.15, -0.1) is 0 Å². The lowest BCUT2D eigenvalue weighted by Gasteiger charge is -2.34. The minimum atomic E-state index is -3.26. The molecule has 0 amide bonds. The van der Waals surface area contributed by atoms with Crippen LogP contribution >= 0.6 is 0 Å². The van der Waals surface area contributed by atoms with E-state index in [0.29, 0.717) is 5.82 Å². The Balaban J connectivity index is 1.98. The molecule has 1 saturated heterocycles. The largest absolute Gasteiger partial charge is 0.365 e. The molecular formula is C14H24N4O2S. The van der Waals surface area contributed by atoms with Crippen LogP contribution in [0.4, 0.5) is 5.82 Å². The summed E-state index contributed by atoms with van der Waals surface area (Å²) in [6, 6.07) is 3.38. The maximum atomic E-state index is 11.8. The minimum absolute atomic E-state index is 0.142. The zero-order chi connectivity index (χ0) is 15.5. The van der Waals surface area contributed by atoms with Gasteiger partial charge in [0.25, 0.3) is 0 Å². The second kappa shape index (κ2) is 6.72. The van der Waals surface area contributed by atoms with E-state index in [1.165, 1.54) is 6.26 Å². The number of piperazine rings is 1. The van der Waals surface area contributed by atoms with Gasteiger partial charge in [-0.25, -0.2) is 13.4 Å². The van der Waals surface area contributed by atoms with Crippen LogP contribution in [0.25, 0.3) is 0 Å². The number of likely N-dealkylation sites (N-methyl/N-ethyl adjacent to an activating group) is 1. The molecule has 2 rings (SSSR count). The summed E-state index contributed by atoms with van der Waals surface area (Å²) < 4.78 is 23.5. The third-order valence-electron chi connectivity index (χ3n) is 3.68. The molecule has 118 valence electrons. The molecule has 0 aliphatic carbocycles. The molecule has 1 aliphatic rings. The maximum absolute atomic E-state index is 11.8. The average molecular weight is 312 g/mol. The Hall–Kier alpha value is -1.18. The first-order valence-electron chi connectivity index (χ1n) is 7.19. The van der Waals surface area contributed by atoms with Crippen LogP contribution in [0.15, 0.2) is 23.2 Å². The van der Waals surface area contributed by atoms with Crippen molar-refractivity contribution in [3.63, 3.8) is 0 Å². The van der Waals surface area contributed by atoms with Crippen molar-refractivity contribution in [3.8, 4) is 0 Å². The second-order valence-corrected chi connectivity index (χ2v) is 7.76. The highest BCUT2D eigenvalue weighted by atomic mass is 32.2. The monoisotopic (exact) mass is 312 g/mol. The van der Waals surface area contributed by atoms with Crippen molar-refractivity contribution in [1.29, 1.82) is 0 Å². The minimum Gasteiger partial charge on any atom is -0.365 e. The molecule has 1 N–H and O–H groups in total. The van der Waals surface area contributed by atoms with E-state index < -0.39 is 9.84 Å². The van der Waals surface area contributed by atoms with E-state index in [-0.39, 0.29) is 10.9 Å². The van der Waals surface area contributed by atoms with E-state index in [1.807, 2.05) is 0 Å². The molecule has 0 radical (unpaired) electrons. The van der Waals surface area contributed by atoms with Crippen LogP contribution in [0.5, 0.6) is 0 Å². The van der Waals surface area contributed by atoms with Crippen molar-refractivity contribution in [2.24, 2.45) is 0 Å². The predicted octanol–water partition coefficient (Wildman–Crippen LogP) is 0.533. The smallest absolute Gasteiger partial charge is 0.179 e. The molecule has 6 nitrogen and oxygen atoms in total. The van der Waals surface area contributed by atoms with E-state index in [4.69, 9.17) is 0 Å². The van der Waals surface area contributed by atoms with Gasteiger partial charge in [-0.2, -0.15) is 0 Å². The molecule has 1 aromatic heterocycles. The van der Waals surface area contributed by atoms with E-state index in [0.717, 1.165) is 32.7 Å². The Morgan fingerprint density at radius 3 is 2.62 bits per heavy atom. The lowest BCUT2D eigenvalue weighted by molar-refractivity contribution is 0.151. The molecule has 1 fully saturated rings. The van der Waals surface area contributed by atoms with Crippen LogP contribution in [0.1, 0.15) is 6.92 Å². The predicted molar refractivity (Wildman–Crippen MR) is 84.4 cm³/mol. The van der Waals surface area contributed by atoms with Gasteiger partial charge in [-0.3, -0.25) is 4.90 Å². The number of nitrogens with one attached hydrogen (secondary N) is 1. The lowest BCUT2D eigenvalue weighted by Crippen LogP contribution is -2.47. The van der Waals surface area contributed by atoms with Crippen molar-refractivity contribution >= 4 is 15.7 Å². The first kappa shape index (κ1) is 16.2. The Labute approximate surface area is 127 Å². The summed E-state index contributed by atoms with van der Waals surface area (Å²) in [5.74, 6) is 0.446. The number of aromatic nitrogens is 1. The molecule has 1 unspecified atom stereocenters. The lowest BCUT2D eigenvalue weighted by atomic mass is 10.2. The van der Waals surface area contributed by atoms with Gasteiger partial charge in [0, 0.05) is 51.2 Å². The normalized spacial score (nSPS) is 19.4. The van der Waals surface area contributed by atoms with E-state index >= 15 is 0 Å². The summed E-state index contributed by atoms with van der Waals surface area (Å²) in [5, 5.41) is 3.23. The molecule has 2 heterocycles. The molecule has 0 bridgehead atoms. The van der Waals surface area contributed by atoms with Crippen LogP contribution in [0, 0.1) is 0 Å². The Morgan fingerprint density at radius 1 is 1.33 bits per heavy atom. The van der Waals surface area contributed by atoms with Crippen molar-refractivity contribution in [2.45, 2.75) is 17.9 Å². The summed E-state index contributed by atoms with van der Waals surface area (Å²) in [6.07, 6.45) is 2.82. The van der Waals surface area contributed by atoms with E-state index in [2.05, 4.69) is 34.1 Å². The highest BCUT2D eigenvalue weighted by molar-refractivity contribution is 7.90. The molecule has 0 spiro atoms. The number of rotatable bonds is 5. The van der Waals surface area contributed by atoms with Crippen molar-refractivity contribution in [2.75, 3.05) is 51.3 Å². The summed E-state index contributed by atoms with van der Waals surface area (Å²) in [5.41, 5.74) is 0. The molecular weight excluding hydrogens is 288 g/mol. The zero-order valence-corrected chi connectivity index (χ0v) is 13.7. The van der Waals surface area contributed by atoms with Crippen molar-refractivity contribution in [1.82, 2.24) is 14.8 Å². The van der Waals surface area contributed by atoms with Crippen molar-refractivity contribution < 1.29 is 8.42 Å². The highest BCUT2D eigenvalue weighted by Crippen LogP contribution is 2.18. The van der Waals surface area contributed by atoms with Gasteiger partial charge in [-0.05, 0) is 26.1 Å². The van der Waals surface area contributed by atoms with Gasteiger partial charge in [0.1, 0.15) is 10.7 Å². The van der Waals surface area contributed by atoms with E-state index in [1.54, 1.807) is 18.3 Å². The van der Waals surface area contributed by atoms with Gasteiger partial charge in [0.15, 0.2) is 9.84 Å². The van der Waals surface area contributed by atoms with Crippen molar-refractivity contribution in [3.05, 3.63) is 18.3 Å². The molecule has 0 aromatic carbocycles. The number of pyridine rings is 1. The third-order valence-corrected chi connectivity index (χ3v) is 4.81. The fraction of sp³-hybridized carbons (Fsp3) is 0.643. The SMILES string of the molecule is CC(CN1CCN(C)CC1)Nc1ncccc1S(C)(=O)=O. The Morgan fingerprint density at radius 2 is 2.00 bits per heavy atom. The molecule has 1 atom stereocenters. The van der Waals surface area contributed by atoms with Gasteiger partial charge >= 0.3 is 0 Å². The van der Waals surface area contributed by atoms with Gasteiger partial charge in [-0.1, -0.05) is 0 Å². The maximum Gasteiger partial charge on any atom is 0.179 e. The Kier molecular flexibility index (Phi) is 5.18. The van der Waals surface area contributed by atoms with Gasteiger partial charge in [0.05, 0.1) is 0 Å². The molecule has 0 saturated carbocycles. The fourth-order valence-electron chi connectivity index (χ4n) is 2.49. The number of nitrogens with zero attached hydrogens (tertiary/aromatic N) is 3. The number of anilines is 1. The summed E-state index contributed by atoms with van der Waals surface area (Å²) in [4.78, 5) is 9.14. The molecule has 1 aliphatic heterocycles. The van der Waals surface area contributed by atoms with Gasteiger partial charge in [0.2, 0.25) is 0 Å². The number of hydrogen-bond acceptors (Lipinski definition) is 6. The first-order chi connectivity index (χ1) is 9.86. The van der Waals surface area contributed by atoms with Crippen LogP contribution in [0.3, 0.4) is 0 Å². The first-order valence-corrected chi connectivity index (χ1v) is 9.08. The van der Waals surface area contributed by atoms with Gasteiger partial charge < -0.3 is 10.2 Å². The topological polar surface area (TPSA) is 65.5 Å². The number of sulfone groups is 1. The average Bonchev–Trinajstić information content (AvgIpc) is 2.41. The molecule has 21 heavy (non-hydrogen) atoms. The van der Waals surface area contributed by atoms with Crippen LogP contribution in [-0.4, -0.2) is 75.3 Å². The second-order valence-electron chi connectivity index (χ2n) is 5.77. The van der Waals surface area contributed by atoms with Crippen LogP contribution in [-0.2, 0) is 9.84 Å². The summed E-state index contributed by atoms with van der Waals surface area (Å²) >= 11 is 0. The zero-order valence-electron chi connectivity index (χ0n) is 12.9. The fourth-order valence-corrected chi connectivity index (χ4v) is 3.28. The third kappa shape index (κ3) is 4.66. The molecule has 1 aromatic rings. The molecule has 7 heteroatoms. The Bertz CT molecular complexity index is 568. The number of hydrogen-bond donors (Lipinski definition) is 1. The standard InChI is InChI=1S/C14H24N4O2S/c1-12(11-18-9-7-17(2)8-10-18)16-14-13(21(3,19)20)5-4-6-15-14/h4-6,12H,7-11H2,1-3H3,(H,15,16). The van der Waals surface area contributed by atoms with Crippen LogP contribution < -0.4 is 5.32 Å². The van der Waals surface area contributed by atoms with E-state index in [9.17, 15) is 8.42 Å².